The second-order valence-corrected chi connectivity index (χ2v) is 12.6. The van der Waals surface area contributed by atoms with Gasteiger partial charge in [-0.15, -0.1) is 13.2 Å². The highest BCUT2D eigenvalue weighted by atomic mass is 32.1. The van der Waals surface area contributed by atoms with Gasteiger partial charge in [-0.2, -0.15) is 4.98 Å². The minimum atomic E-state index is -4.87. The number of rotatable bonds is 11. The van der Waals surface area contributed by atoms with E-state index in [-0.39, 0.29) is 54.4 Å². The van der Waals surface area contributed by atoms with Crippen LogP contribution in [-0.4, -0.2) is 71.3 Å². The molecular formula is C31H29F3N2O9S. The second kappa shape index (κ2) is 12.0. The van der Waals surface area contributed by atoms with Gasteiger partial charge in [-0.1, -0.05) is 28.6 Å². The van der Waals surface area contributed by atoms with Crippen LogP contribution in [0.3, 0.4) is 0 Å². The van der Waals surface area contributed by atoms with Gasteiger partial charge in [-0.05, 0) is 51.0 Å². The lowest BCUT2D eigenvalue weighted by atomic mass is 10.0. The first-order valence-electron chi connectivity index (χ1n) is 14.7. The van der Waals surface area contributed by atoms with Gasteiger partial charge in [0.05, 0.1) is 36.2 Å². The Morgan fingerprint density at radius 1 is 1.09 bits per heavy atom. The van der Waals surface area contributed by atoms with Crippen LogP contribution in [-0.2, 0) is 20.8 Å². The molecule has 3 fully saturated rings. The fraction of sp³-hybridized carbons (Fsp3) is 0.452. The van der Waals surface area contributed by atoms with Gasteiger partial charge in [0.1, 0.15) is 46.8 Å². The number of hydrogen-bond donors (Lipinski definition) is 1. The topological polar surface area (TPSA) is 132 Å². The monoisotopic (exact) mass is 662 g/mol. The van der Waals surface area contributed by atoms with Crippen molar-refractivity contribution in [3.8, 4) is 28.0 Å². The molecular weight excluding hydrogens is 633 g/mol. The molecule has 1 N–H and O–H groups in total. The highest BCUT2D eigenvalue weighted by Gasteiger charge is 2.50. The van der Waals surface area contributed by atoms with Crippen LogP contribution in [0.4, 0.5) is 13.2 Å². The van der Waals surface area contributed by atoms with E-state index in [1.807, 2.05) is 13.8 Å². The highest BCUT2D eigenvalue weighted by Crippen LogP contribution is 2.46. The second-order valence-electron chi connectivity index (χ2n) is 11.6. The number of fused-ring (bicyclic) bond motifs is 2. The van der Waals surface area contributed by atoms with E-state index in [4.69, 9.17) is 28.2 Å². The van der Waals surface area contributed by atoms with Crippen LogP contribution in [0.15, 0.2) is 40.9 Å². The summed E-state index contributed by atoms with van der Waals surface area (Å²) >= 11 is 1.20. The van der Waals surface area contributed by atoms with Gasteiger partial charge in [0.2, 0.25) is 0 Å². The lowest BCUT2D eigenvalue weighted by Gasteiger charge is -2.18. The Bertz CT molecular complexity index is 1750. The Morgan fingerprint density at radius 3 is 2.54 bits per heavy atom. The zero-order chi connectivity index (χ0) is 32.2. The molecule has 0 amide bonds. The van der Waals surface area contributed by atoms with Gasteiger partial charge in [-0.25, -0.2) is 4.79 Å². The number of ether oxygens (including phenoxy) is 6. The molecule has 244 valence electrons. The molecule has 2 aromatic heterocycles. The van der Waals surface area contributed by atoms with Crippen LogP contribution < -0.4 is 14.2 Å². The molecule has 46 heavy (non-hydrogen) atoms. The lowest BCUT2D eigenvalue weighted by Crippen LogP contribution is -2.35. The number of carbonyl (C=O) groups is 1. The summed E-state index contributed by atoms with van der Waals surface area (Å²) in [6.45, 7) is 4.10. The van der Waals surface area contributed by atoms with Crippen LogP contribution in [0.25, 0.3) is 21.5 Å². The van der Waals surface area contributed by atoms with Crippen molar-refractivity contribution in [3.05, 3.63) is 53.3 Å². The number of alkyl halides is 3. The standard InChI is InChI=1S/C31H29F3N2O9S/c1-14(2)42-20-9-16(29(37)38)10-23-25(20)35-30(46-23)43-22-13-41-27-21(12-40-28(22)27)39-11-18-24(36-45-26(18)15-7-8-15)17-5-3-4-6-19(17)44-31(32,33)34/h3-6,9-10,14-15,21-22,27-28H,7-8,11-13H2,1-2H3,(H,37,38)/t21-,22-,27-,28-/m1/s1. The first kappa shape index (κ1) is 30.7. The van der Waals surface area contributed by atoms with Crippen molar-refractivity contribution in [2.75, 3.05) is 13.2 Å². The van der Waals surface area contributed by atoms with Gasteiger partial charge in [0.15, 0.2) is 6.10 Å². The maximum Gasteiger partial charge on any atom is 0.573 e. The van der Waals surface area contributed by atoms with Gasteiger partial charge >= 0.3 is 12.3 Å². The van der Waals surface area contributed by atoms with Crippen LogP contribution in [0.2, 0.25) is 0 Å². The molecule has 3 aliphatic rings. The minimum Gasteiger partial charge on any atom is -0.489 e. The third-order valence-electron chi connectivity index (χ3n) is 7.84. The smallest absolute Gasteiger partial charge is 0.489 e. The molecule has 4 aromatic rings. The number of benzene rings is 2. The molecule has 0 bridgehead atoms. The number of halogens is 3. The van der Waals surface area contributed by atoms with E-state index in [1.165, 1.54) is 41.7 Å². The molecule has 4 atom stereocenters. The summed E-state index contributed by atoms with van der Waals surface area (Å²) < 4.78 is 80.2. The molecule has 4 heterocycles. The summed E-state index contributed by atoms with van der Waals surface area (Å²) in [5, 5.41) is 14.0. The Hall–Kier alpha value is -3.92. The van der Waals surface area contributed by atoms with Gasteiger partial charge in [-0.3, -0.25) is 0 Å². The summed E-state index contributed by atoms with van der Waals surface area (Å²) in [4.78, 5) is 16.2. The predicted molar refractivity (Wildman–Crippen MR) is 155 cm³/mol. The average molecular weight is 663 g/mol. The number of para-hydroxylation sites is 1. The summed E-state index contributed by atoms with van der Waals surface area (Å²) in [6.07, 6.45) is -5.23. The molecule has 15 heteroatoms. The zero-order valence-corrected chi connectivity index (χ0v) is 25.4. The molecule has 11 nitrogen and oxygen atoms in total. The predicted octanol–water partition coefficient (Wildman–Crippen LogP) is 6.34. The SMILES string of the molecule is CC(C)Oc1cc(C(=O)O)cc2sc(O[C@@H]3CO[C@H]4[C@@H]3OC[C@H]4OCc3c(-c4ccccc4OC(F)(F)F)noc3C3CC3)nc12. The highest BCUT2D eigenvalue weighted by molar-refractivity contribution is 7.20. The van der Waals surface area contributed by atoms with Gasteiger partial charge in [0.25, 0.3) is 5.19 Å². The third kappa shape index (κ3) is 6.24. The van der Waals surface area contributed by atoms with E-state index in [1.54, 1.807) is 6.07 Å². The number of carboxylic acid groups (broad SMARTS) is 1. The summed E-state index contributed by atoms with van der Waals surface area (Å²) in [7, 11) is 0. The fourth-order valence-corrected chi connectivity index (χ4v) is 6.63. The van der Waals surface area contributed by atoms with Crippen molar-refractivity contribution in [1.82, 2.24) is 10.1 Å². The van der Waals surface area contributed by atoms with E-state index in [2.05, 4.69) is 14.9 Å². The molecule has 0 radical (unpaired) electrons. The number of aromatic carboxylic acids is 1. The maximum atomic E-state index is 13.1. The third-order valence-corrected chi connectivity index (χ3v) is 8.73. The molecule has 1 saturated carbocycles. The van der Waals surface area contributed by atoms with E-state index in [0.717, 1.165) is 12.8 Å². The molecule has 7 rings (SSSR count). The number of hydrogen-bond acceptors (Lipinski definition) is 11. The molecule has 2 saturated heterocycles. The van der Waals surface area contributed by atoms with E-state index >= 15 is 0 Å². The largest absolute Gasteiger partial charge is 0.573 e. The van der Waals surface area contributed by atoms with Crippen LogP contribution in [0, 0.1) is 0 Å². The number of nitrogens with zero attached hydrogens (tertiary/aromatic N) is 2. The maximum absolute atomic E-state index is 13.1. The van der Waals surface area contributed by atoms with Crippen molar-refractivity contribution >= 4 is 27.5 Å². The number of thiazole rings is 1. The fourth-order valence-electron chi connectivity index (χ4n) is 5.70. The van der Waals surface area contributed by atoms with Crippen LogP contribution in [0.1, 0.15) is 54.3 Å². The van der Waals surface area contributed by atoms with Crippen LogP contribution in [0.5, 0.6) is 16.7 Å². The number of aromatic nitrogens is 2. The molecule has 0 spiro atoms. The van der Waals surface area contributed by atoms with Gasteiger partial charge in [0, 0.05) is 17.0 Å². The van der Waals surface area contributed by atoms with E-state index in [9.17, 15) is 23.1 Å². The molecule has 2 aliphatic heterocycles. The summed E-state index contributed by atoms with van der Waals surface area (Å²) in [5.41, 5.74) is 1.52. The van der Waals surface area contributed by atoms with Gasteiger partial charge < -0.3 is 38.1 Å². The first-order valence-corrected chi connectivity index (χ1v) is 15.5. The summed E-state index contributed by atoms with van der Waals surface area (Å²) in [5.74, 6) is -0.398. The van der Waals surface area contributed by atoms with E-state index < -0.39 is 36.7 Å². The van der Waals surface area contributed by atoms with Crippen molar-refractivity contribution in [2.45, 2.75) is 76.1 Å². The Morgan fingerprint density at radius 2 is 1.83 bits per heavy atom. The zero-order valence-electron chi connectivity index (χ0n) is 24.6. The van der Waals surface area contributed by atoms with E-state index in [0.29, 0.717) is 32.5 Å². The Labute approximate surface area is 264 Å². The van der Waals surface area contributed by atoms with Crippen molar-refractivity contribution in [2.24, 2.45) is 0 Å². The summed E-state index contributed by atoms with van der Waals surface area (Å²) in [6, 6.07) is 8.76. The lowest BCUT2D eigenvalue weighted by molar-refractivity contribution is -0.274. The molecule has 0 unspecified atom stereocenters. The molecule has 2 aromatic carbocycles. The minimum absolute atomic E-state index is 0.0135. The van der Waals surface area contributed by atoms with Crippen molar-refractivity contribution < 1.29 is 56.0 Å². The quantitative estimate of drug-likeness (QED) is 0.193. The van der Waals surface area contributed by atoms with Crippen molar-refractivity contribution in [1.29, 1.82) is 0 Å². The van der Waals surface area contributed by atoms with Crippen LogP contribution >= 0.6 is 11.3 Å². The van der Waals surface area contributed by atoms with Crippen molar-refractivity contribution in [3.63, 3.8) is 0 Å². The Kier molecular flexibility index (Phi) is 8.03. The first-order chi connectivity index (χ1) is 22.0. The molecule has 1 aliphatic carbocycles. The number of carboxylic acids is 1. The Balaban J connectivity index is 1.06. The average Bonchev–Trinajstić information content (AvgIpc) is 3.29. The normalized spacial score (nSPS) is 22.8.